The van der Waals surface area contributed by atoms with E-state index in [0.29, 0.717) is 0 Å². The molecule has 2 aromatic heterocycles. The minimum atomic E-state index is 0.734. The summed E-state index contributed by atoms with van der Waals surface area (Å²) < 4.78 is 5.18. The fraction of sp³-hybridized carbons (Fsp3) is 0.154. The van der Waals surface area contributed by atoms with Gasteiger partial charge < -0.3 is 9.51 Å². The summed E-state index contributed by atoms with van der Waals surface area (Å²) in [4.78, 5) is 3.14. The van der Waals surface area contributed by atoms with E-state index in [2.05, 4.69) is 10.1 Å². The van der Waals surface area contributed by atoms with Gasteiger partial charge in [-0.1, -0.05) is 22.8 Å². The fourth-order valence-electron chi connectivity index (χ4n) is 2.16. The molecule has 1 N–H and O–H groups in total. The molecule has 0 bridgehead atoms. The van der Waals surface area contributed by atoms with E-state index >= 15 is 0 Å². The molecule has 0 fully saturated rings. The third kappa shape index (κ3) is 1.46. The van der Waals surface area contributed by atoms with Crippen molar-refractivity contribution in [2.24, 2.45) is 0 Å². The van der Waals surface area contributed by atoms with Crippen molar-refractivity contribution in [1.82, 2.24) is 10.1 Å². The standard InChI is InChI=1S/C13H11ClN2O/c1-7-12(8(2)17-16-7)10-3-4-11-9(13(10)14)5-6-15-11/h3-6,15H,1-2H3. The van der Waals surface area contributed by atoms with Crippen LogP contribution in [0.1, 0.15) is 11.5 Å². The van der Waals surface area contributed by atoms with Crippen molar-refractivity contribution in [3.63, 3.8) is 0 Å². The van der Waals surface area contributed by atoms with Gasteiger partial charge in [0.05, 0.1) is 10.7 Å². The molecule has 0 amide bonds. The van der Waals surface area contributed by atoms with Crippen LogP contribution in [0.15, 0.2) is 28.9 Å². The number of H-pyrrole nitrogens is 1. The molecule has 0 saturated carbocycles. The second-order valence-electron chi connectivity index (χ2n) is 4.07. The number of aromatic amines is 1. The molecule has 0 spiro atoms. The highest BCUT2D eigenvalue weighted by Gasteiger charge is 2.16. The molecule has 2 heterocycles. The first-order valence-corrected chi connectivity index (χ1v) is 5.75. The number of nitrogens with one attached hydrogen (secondary N) is 1. The maximum absolute atomic E-state index is 6.43. The monoisotopic (exact) mass is 246 g/mol. The minimum Gasteiger partial charge on any atom is -0.361 e. The number of rotatable bonds is 1. The van der Waals surface area contributed by atoms with Crippen molar-refractivity contribution >= 4 is 22.5 Å². The van der Waals surface area contributed by atoms with Gasteiger partial charge in [-0.25, -0.2) is 0 Å². The van der Waals surface area contributed by atoms with E-state index < -0.39 is 0 Å². The fourth-order valence-corrected chi connectivity index (χ4v) is 2.48. The lowest BCUT2D eigenvalue weighted by molar-refractivity contribution is 0.393. The summed E-state index contributed by atoms with van der Waals surface area (Å²) in [6.07, 6.45) is 1.88. The van der Waals surface area contributed by atoms with Crippen LogP contribution in [0.3, 0.4) is 0 Å². The first-order valence-electron chi connectivity index (χ1n) is 5.37. The maximum atomic E-state index is 6.43. The maximum Gasteiger partial charge on any atom is 0.141 e. The number of benzene rings is 1. The Balaban J connectivity index is 2.34. The van der Waals surface area contributed by atoms with Gasteiger partial charge in [0.25, 0.3) is 0 Å². The van der Waals surface area contributed by atoms with Crippen LogP contribution >= 0.6 is 11.6 Å². The van der Waals surface area contributed by atoms with Gasteiger partial charge in [0.2, 0.25) is 0 Å². The summed E-state index contributed by atoms with van der Waals surface area (Å²) in [7, 11) is 0. The van der Waals surface area contributed by atoms with E-state index in [1.807, 2.05) is 38.2 Å². The molecule has 1 aromatic carbocycles. The SMILES string of the molecule is Cc1noc(C)c1-c1ccc2[nH]ccc2c1Cl. The summed E-state index contributed by atoms with van der Waals surface area (Å²) in [6, 6.07) is 5.98. The van der Waals surface area contributed by atoms with Gasteiger partial charge >= 0.3 is 0 Å². The highest BCUT2D eigenvalue weighted by molar-refractivity contribution is 6.38. The number of aryl methyl sites for hydroxylation is 2. The lowest BCUT2D eigenvalue weighted by Gasteiger charge is -2.04. The minimum absolute atomic E-state index is 0.734. The summed E-state index contributed by atoms with van der Waals surface area (Å²) in [5.74, 6) is 0.791. The number of aromatic nitrogens is 2. The molecule has 3 rings (SSSR count). The summed E-state index contributed by atoms with van der Waals surface area (Å²) in [5, 5.41) is 5.71. The average Bonchev–Trinajstić information content (AvgIpc) is 2.89. The number of halogens is 1. The Labute approximate surface area is 103 Å². The molecule has 0 aliphatic heterocycles. The van der Waals surface area contributed by atoms with Crippen molar-refractivity contribution in [2.75, 3.05) is 0 Å². The van der Waals surface area contributed by atoms with Gasteiger partial charge in [-0.05, 0) is 26.0 Å². The first kappa shape index (κ1) is 10.4. The van der Waals surface area contributed by atoms with Gasteiger partial charge in [0, 0.05) is 28.2 Å². The van der Waals surface area contributed by atoms with E-state index in [1.165, 1.54) is 0 Å². The zero-order chi connectivity index (χ0) is 12.0. The Morgan fingerprint density at radius 3 is 2.76 bits per heavy atom. The largest absolute Gasteiger partial charge is 0.361 e. The lowest BCUT2D eigenvalue weighted by Crippen LogP contribution is -1.84. The Hall–Kier alpha value is -1.74. The topological polar surface area (TPSA) is 41.8 Å². The average molecular weight is 247 g/mol. The third-order valence-corrected chi connectivity index (χ3v) is 3.38. The molecule has 3 aromatic rings. The van der Waals surface area contributed by atoms with Gasteiger partial charge in [0.15, 0.2) is 0 Å². The highest BCUT2D eigenvalue weighted by Crippen LogP contribution is 2.36. The normalized spacial score (nSPS) is 11.2. The van der Waals surface area contributed by atoms with Crippen LogP contribution in [-0.4, -0.2) is 10.1 Å². The second kappa shape index (κ2) is 3.64. The zero-order valence-corrected chi connectivity index (χ0v) is 10.3. The quantitative estimate of drug-likeness (QED) is 0.703. The Morgan fingerprint density at radius 1 is 1.24 bits per heavy atom. The number of fused-ring (bicyclic) bond motifs is 1. The molecule has 0 aliphatic rings. The van der Waals surface area contributed by atoms with E-state index in [1.54, 1.807) is 0 Å². The van der Waals surface area contributed by atoms with E-state index in [4.69, 9.17) is 16.1 Å². The second-order valence-corrected chi connectivity index (χ2v) is 4.44. The van der Waals surface area contributed by atoms with Gasteiger partial charge in [0.1, 0.15) is 5.76 Å². The van der Waals surface area contributed by atoms with E-state index in [0.717, 1.165) is 38.5 Å². The molecule has 4 heteroatoms. The van der Waals surface area contributed by atoms with Crippen LogP contribution < -0.4 is 0 Å². The molecule has 3 nitrogen and oxygen atoms in total. The number of nitrogens with zero attached hydrogens (tertiary/aromatic N) is 1. The van der Waals surface area contributed by atoms with Crippen molar-refractivity contribution < 1.29 is 4.52 Å². The summed E-state index contributed by atoms with van der Waals surface area (Å²) in [5.41, 5.74) is 3.85. The Bertz CT molecular complexity index is 677. The van der Waals surface area contributed by atoms with E-state index in [-0.39, 0.29) is 0 Å². The van der Waals surface area contributed by atoms with Gasteiger partial charge in [-0.3, -0.25) is 0 Å². The van der Waals surface area contributed by atoms with Crippen molar-refractivity contribution in [1.29, 1.82) is 0 Å². The van der Waals surface area contributed by atoms with Crippen LogP contribution in [0.2, 0.25) is 5.02 Å². The van der Waals surface area contributed by atoms with Crippen LogP contribution in [0.25, 0.3) is 22.0 Å². The van der Waals surface area contributed by atoms with Crippen LogP contribution in [0.5, 0.6) is 0 Å². The van der Waals surface area contributed by atoms with Crippen LogP contribution in [0, 0.1) is 13.8 Å². The highest BCUT2D eigenvalue weighted by atomic mass is 35.5. The molecule has 17 heavy (non-hydrogen) atoms. The number of hydrogen-bond acceptors (Lipinski definition) is 2. The number of hydrogen-bond donors (Lipinski definition) is 1. The van der Waals surface area contributed by atoms with E-state index in [9.17, 15) is 0 Å². The molecule has 0 unspecified atom stereocenters. The summed E-state index contributed by atoms with van der Waals surface area (Å²) in [6.45, 7) is 3.82. The molecular weight excluding hydrogens is 236 g/mol. The predicted molar refractivity (Wildman–Crippen MR) is 68.3 cm³/mol. The van der Waals surface area contributed by atoms with Crippen LogP contribution in [-0.2, 0) is 0 Å². The van der Waals surface area contributed by atoms with Gasteiger partial charge in [-0.15, -0.1) is 0 Å². The van der Waals surface area contributed by atoms with Crippen molar-refractivity contribution in [2.45, 2.75) is 13.8 Å². The molecular formula is C13H11ClN2O. The molecule has 0 saturated heterocycles. The third-order valence-electron chi connectivity index (χ3n) is 2.97. The van der Waals surface area contributed by atoms with Crippen molar-refractivity contribution in [3.8, 4) is 11.1 Å². The predicted octanol–water partition coefficient (Wildman–Crippen LogP) is 4.09. The molecule has 0 radical (unpaired) electrons. The van der Waals surface area contributed by atoms with Crippen molar-refractivity contribution in [3.05, 3.63) is 40.9 Å². The molecule has 86 valence electrons. The summed E-state index contributed by atoms with van der Waals surface area (Å²) >= 11 is 6.43. The Morgan fingerprint density at radius 2 is 2.06 bits per heavy atom. The molecule has 0 atom stereocenters. The smallest absolute Gasteiger partial charge is 0.141 e. The molecule has 0 aliphatic carbocycles. The first-order chi connectivity index (χ1) is 8.18. The Kier molecular flexibility index (Phi) is 2.23. The lowest BCUT2D eigenvalue weighted by atomic mass is 10.0. The zero-order valence-electron chi connectivity index (χ0n) is 9.54. The van der Waals surface area contributed by atoms with Crippen LogP contribution in [0.4, 0.5) is 0 Å². The van der Waals surface area contributed by atoms with Gasteiger partial charge in [-0.2, -0.15) is 0 Å².